The summed E-state index contributed by atoms with van der Waals surface area (Å²) < 4.78 is 0. The highest BCUT2D eigenvalue weighted by molar-refractivity contribution is 7.13. The lowest BCUT2D eigenvalue weighted by Crippen LogP contribution is -2.40. The molecule has 0 aliphatic heterocycles. The second-order valence-corrected chi connectivity index (χ2v) is 5.98. The lowest BCUT2D eigenvalue weighted by Gasteiger charge is -2.15. The highest BCUT2D eigenvalue weighted by atomic mass is 32.1. The molecule has 2 amide bonds. The number of rotatable bonds is 2. The smallest absolute Gasteiger partial charge is 0.321 e. The molecule has 84 valence electrons. The van der Waals surface area contributed by atoms with Crippen molar-refractivity contribution in [2.24, 2.45) is 23.7 Å². The van der Waals surface area contributed by atoms with Crippen molar-refractivity contribution < 1.29 is 4.79 Å². The van der Waals surface area contributed by atoms with Gasteiger partial charge in [0, 0.05) is 17.6 Å². The van der Waals surface area contributed by atoms with Crippen molar-refractivity contribution in [3.8, 4) is 0 Å². The third-order valence-electron chi connectivity index (χ3n) is 4.21. The molecule has 0 saturated heterocycles. The van der Waals surface area contributed by atoms with Gasteiger partial charge in [-0.05, 0) is 36.5 Å². The van der Waals surface area contributed by atoms with E-state index in [1.165, 1.54) is 24.2 Å². The molecule has 3 aliphatic rings. The number of aromatic nitrogens is 1. The number of carbonyl (C=O) groups excluding carboxylic acids is 1. The maximum atomic E-state index is 11.7. The van der Waals surface area contributed by atoms with Gasteiger partial charge in [0.05, 0.1) is 0 Å². The van der Waals surface area contributed by atoms with Crippen LogP contribution in [-0.4, -0.2) is 17.1 Å². The minimum Gasteiger partial charge on any atom is -0.335 e. The predicted octanol–water partition coefficient (Wildman–Crippen LogP) is 1.92. The number of hydrogen-bond acceptors (Lipinski definition) is 3. The minimum atomic E-state index is -0.0850. The summed E-state index contributed by atoms with van der Waals surface area (Å²) in [6, 6.07) is 0.355. The van der Waals surface area contributed by atoms with E-state index < -0.39 is 0 Å². The van der Waals surface area contributed by atoms with E-state index in [1.807, 2.05) is 5.38 Å². The van der Waals surface area contributed by atoms with Gasteiger partial charge in [-0.25, -0.2) is 9.78 Å². The number of nitrogens with zero attached hydrogens (tertiary/aromatic N) is 1. The van der Waals surface area contributed by atoms with Crippen LogP contribution in [0, 0.1) is 23.7 Å². The number of hydrogen-bond donors (Lipinski definition) is 2. The number of urea groups is 1. The van der Waals surface area contributed by atoms with Crippen LogP contribution in [0.3, 0.4) is 0 Å². The summed E-state index contributed by atoms with van der Waals surface area (Å²) in [5.74, 6) is 3.45. The number of carbonyl (C=O) groups is 1. The first-order valence-corrected chi connectivity index (χ1v) is 6.68. The van der Waals surface area contributed by atoms with Crippen molar-refractivity contribution >= 4 is 22.5 Å². The number of amides is 2. The molecular formula is C11H13N3OS. The van der Waals surface area contributed by atoms with Gasteiger partial charge >= 0.3 is 6.03 Å². The van der Waals surface area contributed by atoms with Crippen LogP contribution in [0.1, 0.15) is 12.8 Å². The van der Waals surface area contributed by atoms with Gasteiger partial charge in [-0.1, -0.05) is 0 Å². The Kier molecular flexibility index (Phi) is 1.67. The van der Waals surface area contributed by atoms with E-state index in [0.29, 0.717) is 11.2 Å². The quantitative estimate of drug-likeness (QED) is 0.822. The van der Waals surface area contributed by atoms with E-state index in [0.717, 1.165) is 23.7 Å². The van der Waals surface area contributed by atoms with E-state index in [1.54, 1.807) is 6.20 Å². The van der Waals surface area contributed by atoms with Crippen molar-refractivity contribution in [1.29, 1.82) is 0 Å². The molecule has 4 rings (SSSR count). The Balaban J connectivity index is 1.39. The summed E-state index contributed by atoms with van der Waals surface area (Å²) in [4.78, 5) is 15.8. The van der Waals surface area contributed by atoms with Crippen molar-refractivity contribution in [3.63, 3.8) is 0 Å². The average Bonchev–Trinajstić information content (AvgIpc) is 3.13. The van der Waals surface area contributed by atoms with Gasteiger partial charge in [-0.2, -0.15) is 0 Å². The third-order valence-corrected chi connectivity index (χ3v) is 4.89. The van der Waals surface area contributed by atoms with Gasteiger partial charge in [0.1, 0.15) is 0 Å². The highest BCUT2D eigenvalue weighted by Gasteiger charge is 2.67. The molecule has 2 N–H and O–H groups in total. The minimum absolute atomic E-state index is 0.0850. The Morgan fingerprint density at radius 3 is 2.69 bits per heavy atom. The van der Waals surface area contributed by atoms with Crippen LogP contribution < -0.4 is 10.6 Å². The van der Waals surface area contributed by atoms with Crippen LogP contribution in [-0.2, 0) is 0 Å². The molecule has 1 aromatic heterocycles. The van der Waals surface area contributed by atoms with E-state index in [9.17, 15) is 4.79 Å². The second-order valence-electron chi connectivity index (χ2n) is 5.09. The van der Waals surface area contributed by atoms with Crippen LogP contribution in [0.15, 0.2) is 11.6 Å². The van der Waals surface area contributed by atoms with E-state index in [4.69, 9.17) is 0 Å². The second kappa shape index (κ2) is 2.97. The van der Waals surface area contributed by atoms with E-state index >= 15 is 0 Å². The van der Waals surface area contributed by atoms with Crippen molar-refractivity contribution in [1.82, 2.24) is 10.3 Å². The SMILES string of the molecule is O=C(Nc1nccs1)NC1[C@@H]2C[C@@H]2[C@H]2C[C@@H]12. The zero-order chi connectivity index (χ0) is 10.7. The molecule has 0 aromatic carbocycles. The maximum absolute atomic E-state index is 11.7. The largest absolute Gasteiger partial charge is 0.335 e. The summed E-state index contributed by atoms with van der Waals surface area (Å²) in [6.45, 7) is 0. The molecule has 4 nitrogen and oxygen atoms in total. The fraction of sp³-hybridized carbons (Fsp3) is 0.636. The molecule has 1 aromatic rings. The monoisotopic (exact) mass is 235 g/mol. The molecule has 0 bridgehead atoms. The first kappa shape index (κ1) is 8.98. The Morgan fingerprint density at radius 2 is 2.06 bits per heavy atom. The molecular weight excluding hydrogens is 222 g/mol. The summed E-state index contributed by atoms with van der Waals surface area (Å²) in [7, 11) is 0. The fourth-order valence-electron chi connectivity index (χ4n) is 3.38. The fourth-order valence-corrected chi connectivity index (χ4v) is 3.91. The van der Waals surface area contributed by atoms with E-state index in [-0.39, 0.29) is 6.03 Å². The summed E-state index contributed by atoms with van der Waals surface area (Å²) in [5.41, 5.74) is 0. The molecule has 5 heteroatoms. The van der Waals surface area contributed by atoms with Gasteiger partial charge in [0.15, 0.2) is 5.13 Å². The highest BCUT2D eigenvalue weighted by Crippen LogP contribution is 2.69. The van der Waals surface area contributed by atoms with Gasteiger partial charge in [-0.3, -0.25) is 5.32 Å². The Morgan fingerprint density at radius 1 is 1.31 bits per heavy atom. The molecule has 16 heavy (non-hydrogen) atoms. The van der Waals surface area contributed by atoms with Crippen LogP contribution >= 0.6 is 11.3 Å². The lowest BCUT2D eigenvalue weighted by molar-refractivity contribution is 0.245. The third kappa shape index (κ3) is 1.27. The molecule has 0 spiro atoms. The molecule has 1 heterocycles. The van der Waals surface area contributed by atoms with Crippen LogP contribution in [0.2, 0.25) is 0 Å². The standard InChI is InChI=1S/C11H13N3OS/c15-10(14-11-12-1-2-16-11)13-9-7-3-5(7)6-4-8(6)9/h1-2,5-9H,3-4H2,(H2,12,13,14,15)/t5-,6-,7-,8-/m1/s1. The van der Waals surface area contributed by atoms with Gasteiger partial charge in [0.25, 0.3) is 0 Å². The molecule has 0 radical (unpaired) electrons. The van der Waals surface area contributed by atoms with Crippen LogP contribution in [0.4, 0.5) is 9.93 Å². The molecule has 3 aliphatic carbocycles. The predicted molar refractivity (Wildman–Crippen MR) is 61.3 cm³/mol. The van der Waals surface area contributed by atoms with Crippen LogP contribution in [0.5, 0.6) is 0 Å². The normalized spacial score (nSPS) is 42.1. The Hall–Kier alpha value is -1.10. The number of fused-ring (bicyclic) bond motifs is 3. The number of nitrogens with one attached hydrogen (secondary N) is 2. The van der Waals surface area contributed by atoms with E-state index in [2.05, 4.69) is 15.6 Å². The molecule has 3 fully saturated rings. The first-order valence-electron chi connectivity index (χ1n) is 5.80. The Labute approximate surface area is 97.5 Å². The summed E-state index contributed by atoms with van der Waals surface area (Å²) in [6.07, 6.45) is 4.37. The number of anilines is 1. The zero-order valence-electron chi connectivity index (χ0n) is 8.72. The average molecular weight is 235 g/mol. The maximum Gasteiger partial charge on any atom is 0.321 e. The zero-order valence-corrected chi connectivity index (χ0v) is 9.54. The molecule has 3 saturated carbocycles. The van der Waals surface area contributed by atoms with Gasteiger partial charge in [-0.15, -0.1) is 11.3 Å². The van der Waals surface area contributed by atoms with Crippen molar-refractivity contribution in [3.05, 3.63) is 11.6 Å². The first-order chi connectivity index (χ1) is 7.83. The molecule has 0 unspecified atom stereocenters. The Bertz CT molecular complexity index is 416. The topological polar surface area (TPSA) is 54.0 Å². The van der Waals surface area contributed by atoms with Gasteiger partial charge in [0.2, 0.25) is 0 Å². The van der Waals surface area contributed by atoms with Crippen molar-refractivity contribution in [2.75, 3.05) is 5.32 Å². The van der Waals surface area contributed by atoms with Crippen LogP contribution in [0.25, 0.3) is 0 Å². The molecule has 4 atom stereocenters. The number of thiazole rings is 1. The van der Waals surface area contributed by atoms with Crippen molar-refractivity contribution in [2.45, 2.75) is 18.9 Å². The van der Waals surface area contributed by atoms with Gasteiger partial charge < -0.3 is 5.32 Å². The summed E-state index contributed by atoms with van der Waals surface area (Å²) in [5, 5.41) is 8.44. The summed E-state index contributed by atoms with van der Waals surface area (Å²) >= 11 is 1.45. The lowest BCUT2D eigenvalue weighted by atomic mass is 10.1.